The third-order valence-electron chi connectivity index (χ3n) is 3.93. The molecule has 3 heterocycles. The van der Waals surface area contributed by atoms with Crippen LogP contribution in [0.5, 0.6) is 5.75 Å². The van der Waals surface area contributed by atoms with Crippen molar-refractivity contribution in [3.8, 4) is 34.0 Å². The van der Waals surface area contributed by atoms with Gasteiger partial charge in [-0.1, -0.05) is 11.8 Å². The number of rotatable bonds is 2. The summed E-state index contributed by atoms with van der Waals surface area (Å²) in [6.45, 7) is 1.96. The molecule has 0 bridgehead atoms. The SMILES string of the molecule is C[C@H]1Cc2cc(-n3ccnc3-c3cc(C#CCO)cs3)ccc2O1. The normalized spacial score (nSPS) is 15.5. The molecule has 120 valence electrons. The second-order valence-electron chi connectivity index (χ2n) is 5.70. The van der Waals surface area contributed by atoms with Crippen LogP contribution in [0.1, 0.15) is 18.1 Å². The molecular weight excluding hydrogens is 320 g/mol. The number of benzene rings is 1. The fourth-order valence-electron chi connectivity index (χ4n) is 2.91. The van der Waals surface area contributed by atoms with Crippen LogP contribution in [0, 0.1) is 11.8 Å². The maximum absolute atomic E-state index is 8.81. The lowest BCUT2D eigenvalue weighted by atomic mass is 10.1. The van der Waals surface area contributed by atoms with E-state index in [0.717, 1.165) is 34.1 Å². The van der Waals surface area contributed by atoms with Crippen molar-refractivity contribution in [2.24, 2.45) is 0 Å². The highest BCUT2D eigenvalue weighted by atomic mass is 32.1. The van der Waals surface area contributed by atoms with Gasteiger partial charge in [0, 0.05) is 35.4 Å². The zero-order valence-corrected chi connectivity index (χ0v) is 14.0. The zero-order chi connectivity index (χ0) is 16.5. The van der Waals surface area contributed by atoms with E-state index in [1.54, 1.807) is 17.5 Å². The highest BCUT2D eigenvalue weighted by Crippen LogP contribution is 2.33. The molecule has 0 unspecified atom stereocenters. The van der Waals surface area contributed by atoms with Crippen molar-refractivity contribution in [3.63, 3.8) is 0 Å². The number of aliphatic hydroxyl groups is 1. The number of hydrogen-bond donors (Lipinski definition) is 1. The van der Waals surface area contributed by atoms with Crippen LogP contribution < -0.4 is 4.74 Å². The van der Waals surface area contributed by atoms with Crippen molar-refractivity contribution in [3.05, 3.63) is 53.2 Å². The Balaban J connectivity index is 1.71. The van der Waals surface area contributed by atoms with Crippen LogP contribution in [0.2, 0.25) is 0 Å². The lowest BCUT2D eigenvalue weighted by Gasteiger charge is -2.08. The zero-order valence-electron chi connectivity index (χ0n) is 13.2. The van der Waals surface area contributed by atoms with E-state index in [1.165, 1.54) is 5.56 Å². The van der Waals surface area contributed by atoms with Crippen LogP contribution in [0.3, 0.4) is 0 Å². The lowest BCUT2D eigenvalue weighted by molar-refractivity contribution is 0.254. The number of ether oxygens (including phenoxy) is 1. The number of aliphatic hydroxyl groups excluding tert-OH is 1. The lowest BCUT2D eigenvalue weighted by Crippen LogP contribution is -2.05. The quantitative estimate of drug-likeness (QED) is 0.731. The summed E-state index contributed by atoms with van der Waals surface area (Å²) < 4.78 is 7.86. The summed E-state index contributed by atoms with van der Waals surface area (Å²) >= 11 is 1.60. The van der Waals surface area contributed by atoms with E-state index in [1.807, 2.05) is 23.7 Å². The molecule has 0 saturated heterocycles. The number of nitrogens with zero attached hydrogens (tertiary/aromatic N) is 2. The van der Waals surface area contributed by atoms with Gasteiger partial charge in [-0.3, -0.25) is 4.57 Å². The van der Waals surface area contributed by atoms with E-state index in [9.17, 15) is 0 Å². The van der Waals surface area contributed by atoms with E-state index in [0.29, 0.717) is 0 Å². The largest absolute Gasteiger partial charge is 0.490 e. The van der Waals surface area contributed by atoms with Crippen molar-refractivity contribution in [1.29, 1.82) is 0 Å². The Morgan fingerprint density at radius 1 is 1.42 bits per heavy atom. The third kappa shape index (κ3) is 2.71. The van der Waals surface area contributed by atoms with Crippen LogP contribution in [-0.4, -0.2) is 27.4 Å². The molecule has 1 aromatic carbocycles. The Hall–Kier alpha value is -2.55. The maximum Gasteiger partial charge on any atom is 0.154 e. The van der Waals surface area contributed by atoms with Crippen LogP contribution in [0.25, 0.3) is 16.4 Å². The minimum Gasteiger partial charge on any atom is -0.490 e. The average molecular weight is 336 g/mol. The molecule has 3 aromatic rings. The molecule has 4 rings (SSSR count). The molecule has 1 aliphatic heterocycles. The first kappa shape index (κ1) is 15.0. The van der Waals surface area contributed by atoms with Crippen LogP contribution in [-0.2, 0) is 6.42 Å². The van der Waals surface area contributed by atoms with Gasteiger partial charge < -0.3 is 9.84 Å². The monoisotopic (exact) mass is 336 g/mol. The van der Waals surface area contributed by atoms with E-state index in [-0.39, 0.29) is 12.7 Å². The van der Waals surface area contributed by atoms with E-state index in [2.05, 4.69) is 40.4 Å². The molecular formula is C19H16N2O2S. The third-order valence-corrected chi connectivity index (χ3v) is 4.86. The van der Waals surface area contributed by atoms with Crippen molar-refractivity contribution in [2.75, 3.05) is 6.61 Å². The predicted octanol–water partition coefficient (Wildman–Crippen LogP) is 3.27. The molecule has 1 aliphatic rings. The summed E-state index contributed by atoms with van der Waals surface area (Å²) in [6.07, 6.45) is 4.95. The summed E-state index contributed by atoms with van der Waals surface area (Å²) in [5.74, 6) is 7.47. The Bertz CT molecular complexity index is 946. The molecule has 0 saturated carbocycles. The first-order valence-electron chi connectivity index (χ1n) is 7.76. The summed E-state index contributed by atoms with van der Waals surface area (Å²) in [6, 6.07) is 8.27. The van der Waals surface area contributed by atoms with Gasteiger partial charge in [0.15, 0.2) is 5.82 Å². The average Bonchev–Trinajstić information content (AvgIpc) is 3.29. The minimum absolute atomic E-state index is 0.130. The first-order chi connectivity index (χ1) is 11.7. The smallest absolute Gasteiger partial charge is 0.154 e. The van der Waals surface area contributed by atoms with Gasteiger partial charge in [-0.2, -0.15) is 0 Å². The summed E-state index contributed by atoms with van der Waals surface area (Å²) in [4.78, 5) is 5.56. The first-order valence-corrected chi connectivity index (χ1v) is 8.64. The molecule has 4 nitrogen and oxygen atoms in total. The molecule has 2 aromatic heterocycles. The number of hydrogen-bond acceptors (Lipinski definition) is 4. The Labute approximate surface area is 144 Å². The van der Waals surface area contributed by atoms with E-state index in [4.69, 9.17) is 9.84 Å². The fraction of sp³-hybridized carbons (Fsp3) is 0.211. The fourth-order valence-corrected chi connectivity index (χ4v) is 3.75. The molecule has 0 spiro atoms. The molecule has 0 radical (unpaired) electrons. The van der Waals surface area contributed by atoms with Gasteiger partial charge in [0.2, 0.25) is 0 Å². The van der Waals surface area contributed by atoms with Crippen LogP contribution >= 0.6 is 11.3 Å². The van der Waals surface area contributed by atoms with Gasteiger partial charge in [0.1, 0.15) is 18.5 Å². The van der Waals surface area contributed by atoms with Crippen molar-refractivity contribution >= 4 is 11.3 Å². The summed E-state index contributed by atoms with van der Waals surface area (Å²) in [5, 5.41) is 10.8. The van der Waals surface area contributed by atoms with Gasteiger partial charge in [0.25, 0.3) is 0 Å². The number of imidazole rings is 1. The van der Waals surface area contributed by atoms with Gasteiger partial charge >= 0.3 is 0 Å². The Morgan fingerprint density at radius 3 is 3.21 bits per heavy atom. The van der Waals surface area contributed by atoms with Gasteiger partial charge in [-0.05, 0) is 36.8 Å². The Kier molecular flexibility index (Phi) is 3.85. The Morgan fingerprint density at radius 2 is 2.33 bits per heavy atom. The topological polar surface area (TPSA) is 47.3 Å². The summed E-state index contributed by atoms with van der Waals surface area (Å²) in [7, 11) is 0. The van der Waals surface area contributed by atoms with Crippen LogP contribution in [0.4, 0.5) is 0 Å². The van der Waals surface area contributed by atoms with Crippen molar-refractivity contribution < 1.29 is 9.84 Å². The molecule has 1 N–H and O–H groups in total. The number of thiophene rings is 1. The predicted molar refractivity (Wildman–Crippen MR) is 94.6 cm³/mol. The maximum atomic E-state index is 8.81. The van der Waals surface area contributed by atoms with E-state index < -0.39 is 0 Å². The molecule has 5 heteroatoms. The van der Waals surface area contributed by atoms with E-state index >= 15 is 0 Å². The second-order valence-corrected chi connectivity index (χ2v) is 6.62. The van der Waals surface area contributed by atoms with Crippen molar-refractivity contribution in [1.82, 2.24) is 9.55 Å². The molecule has 24 heavy (non-hydrogen) atoms. The highest BCUT2D eigenvalue weighted by molar-refractivity contribution is 7.13. The van der Waals surface area contributed by atoms with Gasteiger partial charge in [0.05, 0.1) is 4.88 Å². The second kappa shape index (κ2) is 6.16. The summed E-state index contributed by atoms with van der Waals surface area (Å²) in [5.41, 5.74) is 3.21. The number of fused-ring (bicyclic) bond motifs is 1. The van der Waals surface area contributed by atoms with Gasteiger partial charge in [-0.15, -0.1) is 11.3 Å². The van der Waals surface area contributed by atoms with Crippen LogP contribution in [0.15, 0.2) is 42.0 Å². The van der Waals surface area contributed by atoms with Crippen molar-refractivity contribution in [2.45, 2.75) is 19.4 Å². The standard InChI is InChI=1S/C19H16N2O2S/c1-13-9-15-11-16(4-5-17(15)23-13)21-7-6-20-19(21)18-10-14(12-24-18)3-2-8-22/h4-7,10-13,22H,8-9H2,1H3/t13-/m0/s1. The minimum atomic E-state index is -0.130. The highest BCUT2D eigenvalue weighted by Gasteiger charge is 2.20. The molecule has 0 amide bonds. The molecule has 0 fully saturated rings. The molecule has 0 aliphatic carbocycles. The van der Waals surface area contributed by atoms with Gasteiger partial charge in [-0.25, -0.2) is 4.98 Å². The number of aromatic nitrogens is 2. The molecule has 1 atom stereocenters.